The van der Waals surface area contributed by atoms with Crippen LogP contribution in [-0.4, -0.2) is 29.8 Å². The number of carbonyl (C=O) groups excluding carboxylic acids is 2. The second kappa shape index (κ2) is 7.89. The molecule has 1 atom stereocenters. The highest BCUT2D eigenvalue weighted by atomic mass is 35.5. The molecule has 1 N–H and O–H groups in total. The summed E-state index contributed by atoms with van der Waals surface area (Å²) in [4.78, 5) is 27.4. The number of nitrogens with one attached hydrogen (secondary N) is 1. The minimum Gasteiger partial charge on any atom is -0.352 e. The Morgan fingerprint density at radius 2 is 1.97 bits per heavy atom. The van der Waals surface area contributed by atoms with Crippen LogP contribution >= 0.6 is 22.9 Å². The molecule has 0 radical (unpaired) electrons. The van der Waals surface area contributed by atoms with Gasteiger partial charge in [0.15, 0.2) is 0 Å². The van der Waals surface area contributed by atoms with Gasteiger partial charge in [0.1, 0.15) is 4.88 Å². The lowest BCUT2D eigenvalue weighted by Crippen LogP contribution is -2.40. The van der Waals surface area contributed by atoms with Crippen LogP contribution in [0.2, 0.25) is 5.02 Å². The van der Waals surface area contributed by atoms with Crippen LogP contribution in [0, 0.1) is 11.3 Å². The first-order valence-electron chi connectivity index (χ1n) is 9.66. The quantitative estimate of drug-likeness (QED) is 0.705. The smallest absolute Gasteiger partial charge is 0.352 e. The molecule has 0 unspecified atom stereocenters. The third-order valence-corrected chi connectivity index (χ3v) is 7.41. The third kappa shape index (κ3) is 4.21. The van der Waals surface area contributed by atoms with E-state index in [1.807, 2.05) is 0 Å². The second-order valence-corrected chi connectivity index (χ2v) is 9.25. The van der Waals surface area contributed by atoms with Crippen LogP contribution in [0.25, 0.3) is 0 Å². The van der Waals surface area contributed by atoms with Gasteiger partial charge in [-0.3, -0.25) is 9.59 Å². The zero-order valence-corrected chi connectivity index (χ0v) is 17.5. The number of piperidine rings is 1. The maximum Gasteiger partial charge on any atom is 0.416 e. The predicted molar refractivity (Wildman–Crippen MR) is 108 cm³/mol. The normalized spacial score (nSPS) is 20.3. The van der Waals surface area contributed by atoms with Gasteiger partial charge in [0.25, 0.3) is 5.91 Å². The number of carbonyl (C=O) groups is 2. The van der Waals surface area contributed by atoms with E-state index < -0.39 is 11.7 Å². The topological polar surface area (TPSA) is 49.4 Å². The third-order valence-electron chi connectivity index (χ3n) is 6.09. The molecule has 160 valence electrons. The summed E-state index contributed by atoms with van der Waals surface area (Å²) in [5.74, 6) is -0.351. The van der Waals surface area contributed by atoms with Crippen molar-refractivity contribution in [2.24, 2.45) is 11.3 Å². The zero-order chi connectivity index (χ0) is 21.5. The lowest BCUT2D eigenvalue weighted by atomic mass is 9.90. The predicted octanol–water partition coefficient (Wildman–Crippen LogP) is 4.98. The minimum atomic E-state index is -4.40. The summed E-state index contributed by atoms with van der Waals surface area (Å²) < 4.78 is 38.5. The van der Waals surface area contributed by atoms with Crippen molar-refractivity contribution < 1.29 is 22.8 Å². The lowest BCUT2D eigenvalue weighted by Gasteiger charge is -2.32. The van der Waals surface area contributed by atoms with Crippen LogP contribution in [0.3, 0.4) is 0 Å². The molecule has 9 heteroatoms. The van der Waals surface area contributed by atoms with Gasteiger partial charge in [-0.05, 0) is 53.8 Å². The standard InChI is InChI=1S/C21H20ClF3N2O2S/c22-16-4-9-30-17(16)19(29)27-7-5-20(6-8-27)11-15(20)18(28)26-12-13-2-1-3-14(10-13)21(23,24)25/h1-4,9-10,15H,5-8,11-12H2,(H,26,28)/t15-/m1/s1. The molecule has 2 amide bonds. The first kappa shape index (κ1) is 21.2. The van der Waals surface area contributed by atoms with E-state index in [4.69, 9.17) is 11.6 Å². The van der Waals surface area contributed by atoms with Gasteiger partial charge in [-0.25, -0.2) is 0 Å². The number of alkyl halides is 3. The van der Waals surface area contributed by atoms with Gasteiger partial charge in [-0.2, -0.15) is 13.2 Å². The molecular formula is C21H20ClF3N2O2S. The van der Waals surface area contributed by atoms with E-state index in [-0.39, 0.29) is 29.7 Å². The molecule has 2 aliphatic rings. The van der Waals surface area contributed by atoms with Crippen molar-refractivity contribution in [1.29, 1.82) is 0 Å². The number of benzene rings is 1. The van der Waals surface area contributed by atoms with Crippen LogP contribution in [0.4, 0.5) is 13.2 Å². The largest absolute Gasteiger partial charge is 0.416 e. The summed E-state index contributed by atoms with van der Waals surface area (Å²) in [5, 5.41) is 5.02. The Hall–Kier alpha value is -2.06. The summed E-state index contributed by atoms with van der Waals surface area (Å²) in [6.45, 7) is 1.21. The summed E-state index contributed by atoms with van der Waals surface area (Å²) >= 11 is 7.38. The van der Waals surface area contributed by atoms with Crippen molar-refractivity contribution in [2.75, 3.05) is 13.1 Å². The fraction of sp³-hybridized carbons (Fsp3) is 0.429. The maximum atomic E-state index is 12.8. The van der Waals surface area contributed by atoms with E-state index in [2.05, 4.69) is 5.32 Å². The molecule has 1 saturated carbocycles. The van der Waals surface area contributed by atoms with E-state index >= 15 is 0 Å². The van der Waals surface area contributed by atoms with E-state index in [0.717, 1.165) is 31.4 Å². The van der Waals surface area contributed by atoms with Crippen molar-refractivity contribution in [2.45, 2.75) is 32.0 Å². The highest BCUT2D eigenvalue weighted by Crippen LogP contribution is 2.59. The fourth-order valence-electron chi connectivity index (χ4n) is 4.19. The van der Waals surface area contributed by atoms with Gasteiger partial charge >= 0.3 is 6.18 Å². The molecule has 1 spiro atoms. The average Bonchev–Trinajstić information content (AvgIpc) is 3.24. The number of thiophene rings is 1. The van der Waals surface area contributed by atoms with Crippen molar-refractivity contribution in [3.8, 4) is 0 Å². The van der Waals surface area contributed by atoms with Crippen molar-refractivity contribution in [3.63, 3.8) is 0 Å². The zero-order valence-electron chi connectivity index (χ0n) is 16.0. The van der Waals surface area contributed by atoms with E-state index in [0.29, 0.717) is 28.6 Å². The molecule has 1 saturated heterocycles. The Bertz CT molecular complexity index is 967. The van der Waals surface area contributed by atoms with Gasteiger partial charge in [0.2, 0.25) is 5.91 Å². The molecule has 4 nitrogen and oxygen atoms in total. The molecule has 4 rings (SSSR count). The van der Waals surface area contributed by atoms with Crippen molar-refractivity contribution in [1.82, 2.24) is 10.2 Å². The van der Waals surface area contributed by atoms with E-state index in [1.165, 1.54) is 17.4 Å². The fourth-order valence-corrected chi connectivity index (χ4v) is 5.29. The number of hydrogen-bond acceptors (Lipinski definition) is 3. The van der Waals surface area contributed by atoms with Crippen LogP contribution in [0.5, 0.6) is 0 Å². The average molecular weight is 457 g/mol. The molecule has 2 aromatic rings. The SMILES string of the molecule is O=C(NCc1cccc(C(F)(F)F)c1)[C@H]1CC12CCN(C(=O)c1sccc1Cl)CC2. The van der Waals surface area contributed by atoms with Crippen LogP contribution in [0.1, 0.15) is 40.1 Å². The Morgan fingerprint density at radius 3 is 2.60 bits per heavy atom. The van der Waals surface area contributed by atoms with Crippen LogP contribution in [-0.2, 0) is 17.5 Å². The number of hydrogen-bond donors (Lipinski definition) is 1. The Balaban J connectivity index is 1.29. The number of amides is 2. The molecule has 1 aromatic carbocycles. The molecule has 1 aliphatic carbocycles. The molecule has 0 bridgehead atoms. The summed E-state index contributed by atoms with van der Waals surface area (Å²) in [6.07, 6.45) is -2.17. The number of likely N-dealkylation sites (tertiary alicyclic amines) is 1. The first-order chi connectivity index (χ1) is 14.2. The van der Waals surface area contributed by atoms with Gasteiger partial charge in [0, 0.05) is 25.6 Å². The number of halogens is 4. The minimum absolute atomic E-state index is 0.0663. The molecule has 30 heavy (non-hydrogen) atoms. The first-order valence-corrected chi connectivity index (χ1v) is 10.9. The molecule has 2 heterocycles. The summed E-state index contributed by atoms with van der Waals surface area (Å²) in [5.41, 5.74) is -0.408. The van der Waals surface area contributed by atoms with Gasteiger partial charge in [-0.15, -0.1) is 11.3 Å². The highest BCUT2D eigenvalue weighted by molar-refractivity contribution is 7.12. The Labute approximate surface area is 181 Å². The second-order valence-electron chi connectivity index (χ2n) is 7.92. The van der Waals surface area contributed by atoms with Gasteiger partial charge < -0.3 is 10.2 Å². The Kier molecular flexibility index (Phi) is 5.57. The van der Waals surface area contributed by atoms with E-state index in [1.54, 1.807) is 22.4 Å². The lowest BCUT2D eigenvalue weighted by molar-refractivity contribution is -0.137. The van der Waals surface area contributed by atoms with Gasteiger partial charge in [0.05, 0.1) is 10.6 Å². The number of nitrogens with zero attached hydrogens (tertiary/aromatic N) is 1. The molecule has 1 aromatic heterocycles. The van der Waals surface area contributed by atoms with Crippen LogP contribution in [0.15, 0.2) is 35.7 Å². The van der Waals surface area contributed by atoms with E-state index in [9.17, 15) is 22.8 Å². The molecular weight excluding hydrogens is 437 g/mol. The highest BCUT2D eigenvalue weighted by Gasteiger charge is 2.58. The molecule has 2 fully saturated rings. The summed E-state index contributed by atoms with van der Waals surface area (Å²) in [6, 6.07) is 6.69. The van der Waals surface area contributed by atoms with Gasteiger partial charge in [-0.1, -0.05) is 23.7 Å². The monoisotopic (exact) mass is 456 g/mol. The van der Waals surface area contributed by atoms with Crippen LogP contribution < -0.4 is 5.32 Å². The molecule has 1 aliphatic heterocycles. The summed E-state index contributed by atoms with van der Waals surface area (Å²) in [7, 11) is 0. The number of rotatable bonds is 4. The van der Waals surface area contributed by atoms with Crippen molar-refractivity contribution in [3.05, 3.63) is 56.7 Å². The maximum absolute atomic E-state index is 12.8. The van der Waals surface area contributed by atoms with Crippen molar-refractivity contribution >= 4 is 34.8 Å². The Morgan fingerprint density at radius 1 is 1.23 bits per heavy atom.